The van der Waals surface area contributed by atoms with Crippen LogP contribution >= 0.6 is 0 Å². The number of fused-ring (bicyclic) bond motifs is 2. The maximum atomic E-state index is 2.38. The summed E-state index contributed by atoms with van der Waals surface area (Å²) in [5, 5.41) is 0. The van der Waals surface area contributed by atoms with Crippen molar-refractivity contribution in [2.24, 2.45) is 0 Å². The lowest BCUT2D eigenvalue weighted by Crippen LogP contribution is -2.00. The maximum Gasteiger partial charge on any atom is 0.0278 e. The van der Waals surface area contributed by atoms with E-state index in [1.54, 1.807) is 0 Å². The van der Waals surface area contributed by atoms with E-state index in [0.717, 1.165) is 0 Å². The van der Waals surface area contributed by atoms with Gasteiger partial charge in [-0.25, -0.2) is 0 Å². The van der Waals surface area contributed by atoms with Crippen LogP contribution in [0.3, 0.4) is 0 Å². The third kappa shape index (κ3) is 2.07. The molecule has 0 aliphatic heterocycles. The molecule has 0 radical (unpaired) electrons. The van der Waals surface area contributed by atoms with Gasteiger partial charge >= 0.3 is 0 Å². The maximum absolute atomic E-state index is 2.38. The molecule has 0 aromatic heterocycles. The second kappa shape index (κ2) is 5.35. The predicted molar refractivity (Wildman–Crippen MR) is 101 cm³/mol. The van der Waals surface area contributed by atoms with Gasteiger partial charge in [-0.15, -0.1) is 0 Å². The fraction of sp³-hybridized carbons (Fsp3) is 0.0833. The molecule has 24 heavy (non-hydrogen) atoms. The molecule has 0 spiro atoms. The van der Waals surface area contributed by atoms with Crippen LogP contribution in [0.25, 0.3) is 12.2 Å². The minimum absolute atomic E-state index is 0.377. The van der Waals surface area contributed by atoms with Crippen molar-refractivity contribution < 1.29 is 0 Å². The second-order valence-electron chi connectivity index (χ2n) is 6.60. The molecule has 0 amide bonds. The molecule has 0 heterocycles. The summed E-state index contributed by atoms with van der Waals surface area (Å²) >= 11 is 0. The van der Waals surface area contributed by atoms with Crippen molar-refractivity contribution in [3.63, 3.8) is 0 Å². The van der Waals surface area contributed by atoms with Gasteiger partial charge in [-0.05, 0) is 33.4 Å². The van der Waals surface area contributed by atoms with Crippen LogP contribution in [-0.2, 0) is 0 Å². The lowest BCUT2D eigenvalue weighted by molar-refractivity contribution is 1.00. The van der Waals surface area contributed by atoms with Crippen LogP contribution in [0, 0.1) is 0 Å². The molecule has 0 saturated heterocycles. The van der Waals surface area contributed by atoms with Crippen molar-refractivity contribution in [2.45, 2.75) is 11.8 Å². The smallest absolute Gasteiger partial charge is 0.0278 e. The van der Waals surface area contributed by atoms with E-state index in [2.05, 4.69) is 97.1 Å². The molecule has 0 nitrogen and oxygen atoms in total. The van der Waals surface area contributed by atoms with Crippen molar-refractivity contribution in [3.8, 4) is 0 Å². The van der Waals surface area contributed by atoms with E-state index in [9.17, 15) is 0 Å². The number of hydrogen-bond donors (Lipinski definition) is 0. The zero-order valence-corrected chi connectivity index (χ0v) is 13.4. The Labute approximate surface area is 142 Å². The van der Waals surface area contributed by atoms with Gasteiger partial charge in [0.15, 0.2) is 0 Å². The quantitative estimate of drug-likeness (QED) is 0.544. The summed E-state index contributed by atoms with van der Waals surface area (Å²) in [6.45, 7) is 0. The van der Waals surface area contributed by atoms with Gasteiger partial charge in [0.25, 0.3) is 0 Å². The van der Waals surface area contributed by atoms with E-state index >= 15 is 0 Å². The lowest BCUT2D eigenvalue weighted by atomic mass is 9.87. The number of rotatable bonds is 2. The molecule has 0 saturated carbocycles. The highest BCUT2D eigenvalue weighted by molar-refractivity contribution is 5.67. The van der Waals surface area contributed by atoms with Crippen LogP contribution in [-0.4, -0.2) is 0 Å². The summed E-state index contributed by atoms with van der Waals surface area (Å²) in [6, 6.07) is 26.5. The zero-order chi connectivity index (χ0) is 15.9. The lowest BCUT2D eigenvalue weighted by Gasteiger charge is -2.16. The Kier molecular flexibility index (Phi) is 3.02. The van der Waals surface area contributed by atoms with E-state index in [-0.39, 0.29) is 0 Å². The van der Waals surface area contributed by atoms with Gasteiger partial charge in [-0.3, -0.25) is 0 Å². The molecule has 0 heteroatoms. The van der Waals surface area contributed by atoms with Gasteiger partial charge < -0.3 is 0 Å². The van der Waals surface area contributed by atoms with Gasteiger partial charge in [0, 0.05) is 11.8 Å². The normalized spacial score (nSPS) is 20.2. The Morgan fingerprint density at radius 2 is 1.00 bits per heavy atom. The van der Waals surface area contributed by atoms with Crippen molar-refractivity contribution in [2.75, 3.05) is 0 Å². The first kappa shape index (κ1) is 13.6. The minimum Gasteiger partial charge on any atom is -0.0720 e. The molecule has 0 fully saturated rings. The minimum atomic E-state index is 0.377. The Hall–Kier alpha value is -2.86. The largest absolute Gasteiger partial charge is 0.0720 e. The standard InChI is InChI=1S/C24H18/c1-3-10-21-17(6-1)12-14-23(21)19-8-5-9-20(16-19)24-15-13-18-7-2-4-11-22(18)24/h1-16,23-24H. The third-order valence-corrected chi connectivity index (χ3v) is 5.23. The van der Waals surface area contributed by atoms with Gasteiger partial charge in [0.05, 0.1) is 0 Å². The topological polar surface area (TPSA) is 0 Å². The molecule has 2 aliphatic carbocycles. The summed E-state index contributed by atoms with van der Waals surface area (Å²) in [5.74, 6) is 0.753. The van der Waals surface area contributed by atoms with Gasteiger partial charge in [0.2, 0.25) is 0 Å². The average Bonchev–Trinajstić information content (AvgIpc) is 3.26. The van der Waals surface area contributed by atoms with Crippen LogP contribution in [0.2, 0.25) is 0 Å². The molecule has 5 rings (SSSR count). The Morgan fingerprint density at radius 1 is 0.500 bits per heavy atom. The summed E-state index contributed by atoms with van der Waals surface area (Å²) in [5.41, 5.74) is 8.28. The summed E-state index contributed by atoms with van der Waals surface area (Å²) in [6.07, 6.45) is 9.14. The van der Waals surface area contributed by atoms with Crippen LogP contribution in [0.4, 0.5) is 0 Å². The summed E-state index contributed by atoms with van der Waals surface area (Å²) in [7, 11) is 0. The van der Waals surface area contributed by atoms with Crippen LogP contribution < -0.4 is 0 Å². The Balaban J connectivity index is 1.55. The van der Waals surface area contributed by atoms with Crippen molar-refractivity contribution in [1.29, 1.82) is 0 Å². The monoisotopic (exact) mass is 306 g/mol. The molecule has 2 aliphatic rings. The van der Waals surface area contributed by atoms with E-state index in [0.29, 0.717) is 11.8 Å². The fourth-order valence-corrected chi connectivity index (χ4v) is 4.03. The second-order valence-corrected chi connectivity index (χ2v) is 6.60. The molecule has 2 atom stereocenters. The molecular formula is C24H18. The van der Waals surface area contributed by atoms with E-state index in [1.165, 1.54) is 33.4 Å². The molecule has 2 unspecified atom stereocenters. The van der Waals surface area contributed by atoms with E-state index < -0.39 is 0 Å². The highest BCUT2D eigenvalue weighted by atomic mass is 14.3. The highest BCUT2D eigenvalue weighted by Gasteiger charge is 2.22. The molecular weight excluding hydrogens is 288 g/mol. The van der Waals surface area contributed by atoms with Gasteiger partial charge in [-0.1, -0.05) is 97.1 Å². The number of hydrogen-bond acceptors (Lipinski definition) is 0. The molecule has 114 valence electrons. The summed E-state index contributed by atoms with van der Waals surface area (Å²) in [4.78, 5) is 0. The first-order chi connectivity index (χ1) is 11.9. The van der Waals surface area contributed by atoms with E-state index in [4.69, 9.17) is 0 Å². The number of allylic oxidation sites excluding steroid dienone is 2. The molecule has 0 N–H and O–H groups in total. The van der Waals surface area contributed by atoms with Gasteiger partial charge in [-0.2, -0.15) is 0 Å². The van der Waals surface area contributed by atoms with Crippen LogP contribution in [0.15, 0.2) is 84.9 Å². The first-order valence-electron chi connectivity index (χ1n) is 8.54. The SMILES string of the molecule is C1=CC(c2cccc(C3C=Cc4ccccc43)c2)c2ccccc21. The number of benzene rings is 3. The fourth-order valence-electron chi connectivity index (χ4n) is 4.03. The third-order valence-electron chi connectivity index (χ3n) is 5.23. The first-order valence-corrected chi connectivity index (χ1v) is 8.54. The molecule has 3 aromatic carbocycles. The van der Waals surface area contributed by atoms with Crippen molar-refractivity contribution in [1.82, 2.24) is 0 Å². The van der Waals surface area contributed by atoms with Crippen molar-refractivity contribution in [3.05, 3.63) is 118 Å². The average molecular weight is 306 g/mol. The molecule has 0 bridgehead atoms. The van der Waals surface area contributed by atoms with E-state index in [1.807, 2.05) is 0 Å². The zero-order valence-electron chi connectivity index (χ0n) is 13.4. The predicted octanol–water partition coefficient (Wildman–Crippen LogP) is 6.00. The summed E-state index contributed by atoms with van der Waals surface area (Å²) < 4.78 is 0. The Bertz CT molecular complexity index is 898. The van der Waals surface area contributed by atoms with Crippen molar-refractivity contribution >= 4 is 12.2 Å². The Morgan fingerprint density at radius 3 is 1.54 bits per heavy atom. The highest BCUT2D eigenvalue weighted by Crippen LogP contribution is 2.39. The molecule has 3 aromatic rings. The van der Waals surface area contributed by atoms with Crippen LogP contribution in [0.5, 0.6) is 0 Å². The van der Waals surface area contributed by atoms with Crippen LogP contribution in [0.1, 0.15) is 45.2 Å². The van der Waals surface area contributed by atoms with Gasteiger partial charge in [0.1, 0.15) is 0 Å².